The van der Waals surface area contributed by atoms with Crippen LogP contribution in [0.5, 0.6) is 0 Å². The van der Waals surface area contributed by atoms with Crippen LogP contribution >= 0.6 is 0 Å². The predicted octanol–water partition coefficient (Wildman–Crippen LogP) is 11.0. The van der Waals surface area contributed by atoms with Gasteiger partial charge in [-0.3, -0.25) is 0 Å². The lowest BCUT2D eigenvalue weighted by Gasteiger charge is -2.30. The van der Waals surface area contributed by atoms with Gasteiger partial charge < -0.3 is 0 Å². The molecule has 0 saturated heterocycles. The zero-order valence-electron chi connectivity index (χ0n) is 20.7. The molecule has 0 aromatic rings. The van der Waals surface area contributed by atoms with E-state index in [1.54, 1.807) is 0 Å². The Morgan fingerprint density at radius 2 is 0.610 bits per heavy atom. The molecule has 41 heavy (non-hydrogen) atoms. The molecule has 0 atom stereocenters. The highest BCUT2D eigenvalue weighted by molar-refractivity contribution is 4.92. The topological polar surface area (TPSA) is 0 Å². The van der Waals surface area contributed by atoms with Crippen molar-refractivity contribution >= 4 is 0 Å². The van der Waals surface area contributed by atoms with Crippen molar-refractivity contribution in [3.05, 3.63) is 0 Å². The Morgan fingerprint density at radius 1 is 0.366 bits per heavy atom. The van der Waals surface area contributed by atoms with Gasteiger partial charge in [0.2, 0.25) is 6.43 Å². The summed E-state index contributed by atoms with van der Waals surface area (Å²) in [4.78, 5) is 0. The fourth-order valence-electron chi connectivity index (χ4n) is 2.60. The largest absolute Gasteiger partial charge is 0.395 e. The van der Waals surface area contributed by atoms with E-state index in [2.05, 4.69) is 0 Å². The lowest BCUT2D eigenvalue weighted by Crippen LogP contribution is -2.47. The Labute approximate surface area is 218 Å². The highest BCUT2D eigenvalue weighted by Gasteiger charge is 2.64. The first kappa shape index (κ1) is 41.7. The lowest BCUT2D eigenvalue weighted by atomic mass is 9.97. The van der Waals surface area contributed by atoms with Crippen LogP contribution in [0.3, 0.4) is 0 Å². The second-order valence-corrected chi connectivity index (χ2v) is 8.73. The van der Waals surface area contributed by atoms with E-state index in [1.807, 2.05) is 0 Å². The van der Waals surface area contributed by atoms with Crippen LogP contribution in [0.15, 0.2) is 0 Å². The third-order valence-electron chi connectivity index (χ3n) is 5.37. The zero-order chi connectivity index (χ0) is 33.7. The first-order chi connectivity index (χ1) is 17.7. The molecule has 0 radical (unpaired) electrons. The van der Waals surface area contributed by atoms with Gasteiger partial charge in [0.1, 0.15) is 6.42 Å². The highest BCUT2D eigenvalue weighted by Crippen LogP contribution is 2.49. The fraction of sp³-hybridized carbons (Fsp3) is 1.00. The van der Waals surface area contributed by atoms with E-state index in [-0.39, 0.29) is 0 Å². The van der Waals surface area contributed by atoms with Gasteiger partial charge in [0.25, 0.3) is 0 Å². The van der Waals surface area contributed by atoms with Crippen LogP contribution < -0.4 is 0 Å². The first-order valence-corrected chi connectivity index (χ1v) is 11.0. The average Bonchev–Trinajstić information content (AvgIpc) is 2.74. The van der Waals surface area contributed by atoms with Crippen molar-refractivity contribution in [1.29, 1.82) is 0 Å². The first-order valence-electron chi connectivity index (χ1n) is 11.0. The molecule has 0 aliphatic rings. The molecule has 0 fully saturated rings. The molecular formula is C20H23F21. The molecule has 0 heterocycles. The summed E-state index contributed by atoms with van der Waals surface area (Å²) in [6.07, 6.45) is -27.5. The SMILES string of the molecule is CCC(F)(F)C(F)(F)CCC(F)(F)C(F)(F)CC(F)(F)F.CCC(F)(F)C(F)(F)CCC(F)(F)C(F)(F)CC(F)F. The van der Waals surface area contributed by atoms with E-state index in [9.17, 15) is 92.2 Å². The molecular weight excluding hydrogens is 639 g/mol. The average molecular weight is 662 g/mol. The molecule has 0 aromatic carbocycles. The van der Waals surface area contributed by atoms with Gasteiger partial charge in [0.05, 0.1) is 6.42 Å². The maximum absolute atomic E-state index is 12.9. The summed E-state index contributed by atoms with van der Waals surface area (Å²) in [5, 5.41) is 0. The molecule has 0 N–H and O–H groups in total. The quantitative estimate of drug-likeness (QED) is 0.153. The molecule has 0 unspecified atom stereocenters. The number of hydrogen-bond donors (Lipinski definition) is 0. The Bertz CT molecular complexity index is 780. The van der Waals surface area contributed by atoms with Crippen LogP contribution in [0, 0.1) is 0 Å². The molecule has 0 aliphatic carbocycles. The Morgan fingerprint density at radius 3 is 0.829 bits per heavy atom. The molecule has 0 saturated carbocycles. The molecule has 0 rings (SSSR count). The summed E-state index contributed by atoms with van der Waals surface area (Å²) in [7, 11) is 0. The van der Waals surface area contributed by atoms with Crippen LogP contribution in [0.2, 0.25) is 0 Å². The van der Waals surface area contributed by atoms with E-state index in [0.717, 1.165) is 0 Å². The molecule has 21 heteroatoms. The summed E-state index contributed by atoms with van der Waals surface area (Å²) < 4.78 is 264. The van der Waals surface area contributed by atoms with E-state index in [1.165, 1.54) is 0 Å². The summed E-state index contributed by atoms with van der Waals surface area (Å²) in [6.45, 7) is 1.28. The minimum absolute atomic E-state index is 0.615. The van der Waals surface area contributed by atoms with Gasteiger partial charge in [0.15, 0.2) is 0 Å². The van der Waals surface area contributed by atoms with E-state index in [4.69, 9.17) is 0 Å². The minimum atomic E-state index is -5.66. The van der Waals surface area contributed by atoms with Crippen LogP contribution in [-0.2, 0) is 0 Å². The molecule has 0 aromatic heterocycles. The fourth-order valence-corrected chi connectivity index (χ4v) is 2.60. The summed E-state index contributed by atoms with van der Waals surface area (Å²) in [6, 6.07) is 0. The standard InChI is InChI=1S/C10H11F11.C10H12F10/c1-2-6(11,12)7(13,14)3-4-8(15,16)9(17,18)5-10(19,20)21;1-2-7(13,14)8(15,16)3-4-9(17,18)10(19,20)5-6(11)12/h2-5H2,1H3;6H,2-5H2,1H3. The van der Waals surface area contributed by atoms with Gasteiger partial charge in [-0.2, -0.15) is 83.4 Å². The van der Waals surface area contributed by atoms with Gasteiger partial charge in [-0.1, -0.05) is 13.8 Å². The highest BCUT2D eigenvalue weighted by atomic mass is 19.4. The smallest absolute Gasteiger partial charge is 0.210 e. The van der Waals surface area contributed by atoms with Crippen molar-refractivity contribution in [2.45, 2.75) is 125 Å². The number of halogens is 21. The Hall–Kier alpha value is -1.47. The third kappa shape index (κ3) is 12.0. The summed E-state index contributed by atoms with van der Waals surface area (Å²) in [5.41, 5.74) is 0. The normalized spacial score (nSPS) is 15.2. The lowest BCUT2D eigenvalue weighted by molar-refractivity contribution is -0.275. The van der Waals surface area contributed by atoms with Crippen LogP contribution in [0.1, 0.15) is 65.2 Å². The van der Waals surface area contributed by atoms with Gasteiger partial charge >= 0.3 is 53.6 Å². The summed E-state index contributed by atoms with van der Waals surface area (Å²) >= 11 is 0. The van der Waals surface area contributed by atoms with Crippen LogP contribution in [0.25, 0.3) is 0 Å². The van der Waals surface area contributed by atoms with Crippen molar-refractivity contribution in [2.75, 3.05) is 0 Å². The summed E-state index contributed by atoms with van der Waals surface area (Å²) in [5.74, 6) is -40.9. The van der Waals surface area contributed by atoms with Crippen molar-refractivity contribution < 1.29 is 92.2 Å². The maximum Gasteiger partial charge on any atom is 0.395 e. The van der Waals surface area contributed by atoms with E-state index >= 15 is 0 Å². The maximum atomic E-state index is 12.9. The third-order valence-corrected chi connectivity index (χ3v) is 5.37. The van der Waals surface area contributed by atoms with Crippen molar-refractivity contribution in [2.24, 2.45) is 0 Å². The Balaban J connectivity index is 0. The van der Waals surface area contributed by atoms with Crippen LogP contribution in [-0.4, -0.2) is 60.0 Å². The van der Waals surface area contributed by atoms with E-state index < -0.39 is 111 Å². The molecule has 0 spiro atoms. The molecule has 0 nitrogen and oxygen atoms in total. The van der Waals surface area contributed by atoms with Gasteiger partial charge in [-0.15, -0.1) is 0 Å². The Kier molecular flexibility index (Phi) is 13.7. The molecule has 250 valence electrons. The van der Waals surface area contributed by atoms with Crippen molar-refractivity contribution in [3.63, 3.8) is 0 Å². The number of alkyl halides is 21. The number of rotatable bonds is 15. The van der Waals surface area contributed by atoms with Crippen molar-refractivity contribution in [3.8, 4) is 0 Å². The predicted molar refractivity (Wildman–Crippen MR) is 99.9 cm³/mol. The zero-order valence-corrected chi connectivity index (χ0v) is 20.7. The number of hydrogen-bond acceptors (Lipinski definition) is 0. The molecule has 0 amide bonds. The second kappa shape index (κ2) is 13.4. The van der Waals surface area contributed by atoms with Crippen molar-refractivity contribution in [1.82, 2.24) is 0 Å². The monoisotopic (exact) mass is 662 g/mol. The minimum Gasteiger partial charge on any atom is -0.210 e. The molecule has 0 aliphatic heterocycles. The molecule has 0 bridgehead atoms. The van der Waals surface area contributed by atoms with Gasteiger partial charge in [-0.05, 0) is 0 Å². The van der Waals surface area contributed by atoms with Gasteiger partial charge in [-0.25, -0.2) is 8.78 Å². The second-order valence-electron chi connectivity index (χ2n) is 8.73. The van der Waals surface area contributed by atoms with Crippen LogP contribution in [0.4, 0.5) is 92.2 Å². The van der Waals surface area contributed by atoms with E-state index in [0.29, 0.717) is 13.8 Å². The van der Waals surface area contributed by atoms with Gasteiger partial charge in [0, 0.05) is 38.5 Å².